The summed E-state index contributed by atoms with van der Waals surface area (Å²) in [5.74, 6) is 1.71. The fourth-order valence-corrected chi connectivity index (χ4v) is 2.35. The lowest BCUT2D eigenvalue weighted by Crippen LogP contribution is -2.44. The van der Waals surface area contributed by atoms with Crippen molar-refractivity contribution < 1.29 is 9.26 Å². The highest BCUT2D eigenvalue weighted by molar-refractivity contribution is 6.31. The van der Waals surface area contributed by atoms with Crippen molar-refractivity contribution in [1.82, 2.24) is 10.1 Å². The van der Waals surface area contributed by atoms with Gasteiger partial charge in [0.2, 0.25) is 0 Å². The molecule has 1 heterocycles. The Labute approximate surface area is 122 Å². The summed E-state index contributed by atoms with van der Waals surface area (Å²) in [6.45, 7) is 2.12. The van der Waals surface area contributed by atoms with Gasteiger partial charge in [-0.05, 0) is 38.3 Å². The van der Waals surface area contributed by atoms with Crippen LogP contribution in [-0.4, -0.2) is 10.1 Å². The van der Waals surface area contributed by atoms with Crippen LogP contribution in [-0.2, 0) is 12.1 Å². The van der Waals surface area contributed by atoms with Gasteiger partial charge in [-0.3, -0.25) is 0 Å². The molecule has 1 aromatic carbocycles. The molecule has 0 unspecified atom stereocenters. The first-order valence-corrected chi connectivity index (χ1v) is 6.96. The van der Waals surface area contributed by atoms with Crippen LogP contribution in [0, 0.1) is 6.92 Å². The summed E-state index contributed by atoms with van der Waals surface area (Å²) in [6.07, 6.45) is 2.92. The lowest BCUT2D eigenvalue weighted by molar-refractivity contribution is 0.222. The van der Waals surface area contributed by atoms with Crippen LogP contribution in [0.5, 0.6) is 5.75 Å². The summed E-state index contributed by atoms with van der Waals surface area (Å²) >= 11 is 6.04. The van der Waals surface area contributed by atoms with Crippen molar-refractivity contribution in [2.75, 3.05) is 0 Å². The molecule has 20 heavy (non-hydrogen) atoms. The van der Waals surface area contributed by atoms with E-state index in [1.807, 2.05) is 25.1 Å². The van der Waals surface area contributed by atoms with Crippen LogP contribution in [0.25, 0.3) is 0 Å². The molecule has 0 atom stereocenters. The molecule has 0 aliphatic heterocycles. The second-order valence-corrected chi connectivity index (χ2v) is 5.58. The molecule has 6 heteroatoms. The van der Waals surface area contributed by atoms with Crippen LogP contribution in [0.2, 0.25) is 5.02 Å². The average molecular weight is 294 g/mol. The number of hydrogen-bond acceptors (Lipinski definition) is 5. The van der Waals surface area contributed by atoms with Crippen LogP contribution >= 0.6 is 11.6 Å². The van der Waals surface area contributed by atoms with E-state index in [2.05, 4.69) is 10.1 Å². The highest BCUT2D eigenvalue weighted by Crippen LogP contribution is 2.36. The molecule has 1 aliphatic carbocycles. The van der Waals surface area contributed by atoms with Gasteiger partial charge in [0.15, 0.2) is 12.4 Å². The van der Waals surface area contributed by atoms with E-state index in [1.54, 1.807) is 0 Å². The van der Waals surface area contributed by atoms with E-state index >= 15 is 0 Å². The van der Waals surface area contributed by atoms with E-state index in [0.29, 0.717) is 22.5 Å². The third-order valence-electron chi connectivity index (χ3n) is 3.73. The average Bonchev–Trinajstić information content (AvgIpc) is 2.87. The van der Waals surface area contributed by atoms with Crippen LogP contribution in [0.4, 0.5) is 0 Å². The van der Waals surface area contributed by atoms with Gasteiger partial charge in [-0.1, -0.05) is 22.8 Å². The maximum atomic E-state index is 6.15. The molecule has 1 aliphatic rings. The largest absolute Gasteiger partial charge is 0.483 e. The highest BCUT2D eigenvalue weighted by atomic mass is 35.5. The number of nitrogens with zero attached hydrogens (tertiary/aromatic N) is 2. The van der Waals surface area contributed by atoms with Gasteiger partial charge in [0.1, 0.15) is 5.75 Å². The third-order valence-corrected chi connectivity index (χ3v) is 4.14. The van der Waals surface area contributed by atoms with Crippen molar-refractivity contribution in [3.63, 3.8) is 0 Å². The van der Waals surface area contributed by atoms with Gasteiger partial charge in [-0.2, -0.15) is 4.98 Å². The Bertz CT molecular complexity index is 623. The van der Waals surface area contributed by atoms with Crippen LogP contribution < -0.4 is 10.5 Å². The van der Waals surface area contributed by atoms with Gasteiger partial charge in [0, 0.05) is 10.6 Å². The zero-order chi connectivity index (χ0) is 14.2. The summed E-state index contributed by atoms with van der Waals surface area (Å²) in [4.78, 5) is 4.31. The number of nitrogens with two attached hydrogens (primary N) is 1. The zero-order valence-electron chi connectivity index (χ0n) is 11.2. The van der Waals surface area contributed by atoms with Gasteiger partial charge in [-0.15, -0.1) is 0 Å². The minimum Gasteiger partial charge on any atom is -0.483 e. The van der Waals surface area contributed by atoms with Crippen molar-refractivity contribution in [2.24, 2.45) is 5.73 Å². The van der Waals surface area contributed by atoms with E-state index < -0.39 is 5.54 Å². The Kier molecular flexibility index (Phi) is 3.40. The number of rotatable bonds is 4. The monoisotopic (exact) mass is 293 g/mol. The Balaban J connectivity index is 1.68. The quantitative estimate of drug-likeness (QED) is 0.938. The van der Waals surface area contributed by atoms with E-state index in [4.69, 9.17) is 26.6 Å². The van der Waals surface area contributed by atoms with Crippen LogP contribution in [0.3, 0.4) is 0 Å². The van der Waals surface area contributed by atoms with Gasteiger partial charge in [-0.25, -0.2) is 0 Å². The molecule has 1 fully saturated rings. The van der Waals surface area contributed by atoms with Gasteiger partial charge >= 0.3 is 0 Å². The predicted molar refractivity (Wildman–Crippen MR) is 74.5 cm³/mol. The summed E-state index contributed by atoms with van der Waals surface area (Å²) in [6, 6.07) is 5.52. The molecule has 106 valence electrons. The molecule has 0 bridgehead atoms. The van der Waals surface area contributed by atoms with E-state index in [9.17, 15) is 0 Å². The molecule has 1 saturated carbocycles. The summed E-state index contributed by atoms with van der Waals surface area (Å²) in [5.41, 5.74) is 6.63. The molecule has 3 rings (SSSR count). The van der Waals surface area contributed by atoms with Crippen molar-refractivity contribution in [2.45, 2.75) is 38.3 Å². The summed E-state index contributed by atoms with van der Waals surface area (Å²) < 4.78 is 10.8. The second-order valence-electron chi connectivity index (χ2n) is 5.17. The molecular weight excluding hydrogens is 278 g/mol. The first kappa shape index (κ1) is 13.4. The molecule has 0 radical (unpaired) electrons. The van der Waals surface area contributed by atoms with Gasteiger partial charge in [0.05, 0.1) is 5.54 Å². The molecule has 1 aromatic heterocycles. The fraction of sp³-hybridized carbons (Fsp3) is 0.429. The van der Waals surface area contributed by atoms with Crippen molar-refractivity contribution in [1.29, 1.82) is 0 Å². The molecule has 0 amide bonds. The third kappa shape index (κ3) is 2.39. The van der Waals surface area contributed by atoms with Crippen LogP contribution in [0.1, 0.15) is 36.5 Å². The minimum absolute atomic E-state index is 0.213. The minimum atomic E-state index is -0.409. The normalized spacial score (nSPS) is 16.8. The van der Waals surface area contributed by atoms with E-state index in [0.717, 1.165) is 24.8 Å². The molecule has 5 nitrogen and oxygen atoms in total. The second kappa shape index (κ2) is 5.07. The lowest BCUT2D eigenvalue weighted by Gasteiger charge is -2.34. The summed E-state index contributed by atoms with van der Waals surface area (Å²) in [7, 11) is 0. The Morgan fingerprint density at radius 1 is 1.45 bits per heavy atom. The SMILES string of the molecule is Cc1c(Cl)cccc1OCc1nc(C2(N)CCC2)no1. The Morgan fingerprint density at radius 2 is 2.25 bits per heavy atom. The van der Waals surface area contributed by atoms with Gasteiger partial charge < -0.3 is 15.0 Å². The molecule has 2 aromatic rings. The number of ether oxygens (including phenoxy) is 1. The first-order chi connectivity index (χ1) is 9.58. The topological polar surface area (TPSA) is 74.2 Å². The van der Waals surface area contributed by atoms with E-state index in [1.165, 1.54) is 0 Å². The maximum Gasteiger partial charge on any atom is 0.264 e. The lowest BCUT2D eigenvalue weighted by atomic mass is 9.77. The summed E-state index contributed by atoms with van der Waals surface area (Å²) in [5, 5.41) is 4.62. The maximum absolute atomic E-state index is 6.15. The Hall–Kier alpha value is -1.59. The van der Waals surface area contributed by atoms with Gasteiger partial charge in [0.25, 0.3) is 5.89 Å². The molecule has 0 spiro atoms. The predicted octanol–water partition coefficient (Wildman–Crippen LogP) is 2.95. The zero-order valence-corrected chi connectivity index (χ0v) is 12.0. The highest BCUT2D eigenvalue weighted by Gasteiger charge is 2.38. The Morgan fingerprint density at radius 3 is 2.95 bits per heavy atom. The molecule has 0 saturated heterocycles. The van der Waals surface area contributed by atoms with Crippen molar-refractivity contribution in [3.05, 3.63) is 40.5 Å². The number of benzene rings is 1. The molecular formula is C14H16ClN3O2. The standard InChI is InChI=1S/C14H16ClN3O2/c1-9-10(15)4-2-5-11(9)19-8-12-17-13(18-20-12)14(16)6-3-7-14/h2,4-5H,3,6-8,16H2,1H3. The first-order valence-electron chi connectivity index (χ1n) is 6.58. The number of hydrogen-bond donors (Lipinski definition) is 1. The van der Waals surface area contributed by atoms with Crippen molar-refractivity contribution >= 4 is 11.6 Å². The van der Waals surface area contributed by atoms with Crippen molar-refractivity contribution in [3.8, 4) is 5.75 Å². The van der Waals surface area contributed by atoms with Crippen LogP contribution in [0.15, 0.2) is 22.7 Å². The molecule has 2 N–H and O–H groups in total. The van der Waals surface area contributed by atoms with E-state index in [-0.39, 0.29) is 6.61 Å². The number of aromatic nitrogens is 2. The number of halogens is 1. The fourth-order valence-electron chi connectivity index (χ4n) is 2.18. The smallest absolute Gasteiger partial charge is 0.264 e.